The van der Waals surface area contributed by atoms with Gasteiger partial charge in [0.25, 0.3) is 0 Å². The molecule has 2 bridgehead atoms. The lowest BCUT2D eigenvalue weighted by Gasteiger charge is -2.25. The molecule has 3 heteroatoms. The summed E-state index contributed by atoms with van der Waals surface area (Å²) in [6.07, 6.45) is 6.93. The van der Waals surface area contributed by atoms with Crippen LogP contribution in [0.2, 0.25) is 0 Å². The van der Waals surface area contributed by atoms with E-state index in [0.29, 0.717) is 12.0 Å². The third-order valence-electron chi connectivity index (χ3n) is 3.64. The van der Waals surface area contributed by atoms with E-state index >= 15 is 0 Å². The lowest BCUT2D eigenvalue weighted by Crippen LogP contribution is -2.46. The summed E-state index contributed by atoms with van der Waals surface area (Å²) < 4.78 is 0. The molecule has 3 atom stereocenters. The van der Waals surface area contributed by atoms with Crippen molar-refractivity contribution in [1.82, 2.24) is 10.2 Å². The van der Waals surface area contributed by atoms with Crippen molar-refractivity contribution in [2.24, 2.45) is 11.8 Å². The lowest BCUT2D eigenvalue weighted by atomic mass is 10.0. The van der Waals surface area contributed by atoms with Crippen LogP contribution in [0.1, 0.15) is 26.7 Å². The Morgan fingerprint density at radius 3 is 2.53 bits per heavy atom. The van der Waals surface area contributed by atoms with Crippen LogP contribution in [0.5, 0.6) is 0 Å². The third-order valence-corrected chi connectivity index (χ3v) is 3.64. The molecule has 15 heavy (non-hydrogen) atoms. The minimum absolute atomic E-state index is 0.103. The van der Waals surface area contributed by atoms with Crippen LogP contribution < -0.4 is 5.32 Å². The smallest absolute Gasteiger partial charge is 0.317 e. The number of nitrogens with zero attached hydrogens (tertiary/aromatic N) is 1. The van der Waals surface area contributed by atoms with Gasteiger partial charge in [-0.25, -0.2) is 4.79 Å². The molecule has 0 aromatic rings. The van der Waals surface area contributed by atoms with Gasteiger partial charge in [-0.05, 0) is 38.5 Å². The fourth-order valence-corrected chi connectivity index (χ4v) is 2.71. The Morgan fingerprint density at radius 2 is 2.07 bits per heavy atom. The fraction of sp³-hybridized carbons (Fsp3) is 0.750. The van der Waals surface area contributed by atoms with Gasteiger partial charge in [0.15, 0.2) is 0 Å². The molecule has 2 aliphatic carbocycles. The number of fused-ring (bicyclic) bond motifs is 2. The Labute approximate surface area is 91.5 Å². The summed E-state index contributed by atoms with van der Waals surface area (Å²) in [5.74, 6) is 1.31. The largest absolute Gasteiger partial charge is 0.335 e. The topological polar surface area (TPSA) is 32.3 Å². The van der Waals surface area contributed by atoms with Crippen molar-refractivity contribution < 1.29 is 4.79 Å². The predicted molar refractivity (Wildman–Crippen MR) is 60.6 cm³/mol. The maximum atomic E-state index is 11.8. The summed E-state index contributed by atoms with van der Waals surface area (Å²) in [7, 11) is 0. The highest BCUT2D eigenvalue weighted by atomic mass is 16.2. The predicted octanol–water partition coefficient (Wildman–Crippen LogP) is 2.00. The Morgan fingerprint density at radius 1 is 1.33 bits per heavy atom. The van der Waals surface area contributed by atoms with Crippen LogP contribution in [0, 0.1) is 11.8 Å². The zero-order chi connectivity index (χ0) is 10.8. The van der Waals surface area contributed by atoms with Gasteiger partial charge in [-0.3, -0.25) is 0 Å². The highest BCUT2D eigenvalue weighted by Gasteiger charge is 2.36. The van der Waals surface area contributed by atoms with E-state index in [4.69, 9.17) is 0 Å². The zero-order valence-corrected chi connectivity index (χ0v) is 9.57. The minimum Gasteiger partial charge on any atom is -0.335 e. The molecule has 84 valence electrons. The molecule has 0 radical (unpaired) electrons. The number of allylic oxidation sites excluding steroid dienone is 1. The van der Waals surface area contributed by atoms with Gasteiger partial charge in [0.2, 0.25) is 0 Å². The molecule has 0 aromatic carbocycles. The average Bonchev–Trinajstić information content (AvgIpc) is 2.81. The number of urea groups is 1. The summed E-state index contributed by atoms with van der Waals surface area (Å²) in [6.45, 7) is 5.62. The molecule has 0 heterocycles. The van der Waals surface area contributed by atoms with Gasteiger partial charge >= 0.3 is 6.03 Å². The van der Waals surface area contributed by atoms with Crippen molar-refractivity contribution in [2.75, 3.05) is 13.1 Å². The number of carbonyl (C=O) groups excluding carboxylic acids is 1. The summed E-state index contributed by atoms with van der Waals surface area (Å²) in [5, 5.41) is 3.15. The molecule has 1 saturated carbocycles. The maximum absolute atomic E-state index is 11.8. The molecule has 0 saturated heterocycles. The second-order valence-corrected chi connectivity index (χ2v) is 4.51. The van der Waals surface area contributed by atoms with Crippen LogP contribution in [-0.2, 0) is 0 Å². The Kier molecular flexibility index (Phi) is 2.98. The number of hydrogen-bond acceptors (Lipinski definition) is 1. The monoisotopic (exact) mass is 208 g/mol. The lowest BCUT2D eigenvalue weighted by molar-refractivity contribution is 0.197. The second-order valence-electron chi connectivity index (χ2n) is 4.51. The van der Waals surface area contributed by atoms with Gasteiger partial charge in [0.05, 0.1) is 0 Å². The van der Waals surface area contributed by atoms with Gasteiger partial charge in [-0.1, -0.05) is 12.2 Å². The number of nitrogens with one attached hydrogen (secondary N) is 1. The molecular weight excluding hydrogens is 188 g/mol. The van der Waals surface area contributed by atoms with Gasteiger partial charge in [-0.2, -0.15) is 0 Å². The van der Waals surface area contributed by atoms with E-state index in [2.05, 4.69) is 17.5 Å². The second kappa shape index (κ2) is 4.25. The Hall–Kier alpha value is -0.990. The Balaban J connectivity index is 1.87. The fourth-order valence-electron chi connectivity index (χ4n) is 2.71. The van der Waals surface area contributed by atoms with E-state index in [-0.39, 0.29) is 6.03 Å². The summed E-state index contributed by atoms with van der Waals surface area (Å²) in [6, 6.07) is 0.485. The van der Waals surface area contributed by atoms with E-state index in [1.165, 1.54) is 6.42 Å². The molecule has 1 fully saturated rings. The normalized spacial score (nSPS) is 32.0. The van der Waals surface area contributed by atoms with Crippen molar-refractivity contribution >= 4 is 6.03 Å². The van der Waals surface area contributed by atoms with Crippen LogP contribution in [0.4, 0.5) is 4.79 Å². The van der Waals surface area contributed by atoms with E-state index in [1.807, 2.05) is 18.7 Å². The van der Waals surface area contributed by atoms with Crippen molar-refractivity contribution in [3.63, 3.8) is 0 Å². The molecule has 1 N–H and O–H groups in total. The van der Waals surface area contributed by atoms with Crippen LogP contribution in [0.25, 0.3) is 0 Å². The molecule has 0 aliphatic heterocycles. The van der Waals surface area contributed by atoms with Gasteiger partial charge in [-0.15, -0.1) is 0 Å². The van der Waals surface area contributed by atoms with Crippen LogP contribution >= 0.6 is 0 Å². The van der Waals surface area contributed by atoms with Crippen LogP contribution in [0.3, 0.4) is 0 Å². The van der Waals surface area contributed by atoms with Crippen molar-refractivity contribution in [3.8, 4) is 0 Å². The average molecular weight is 208 g/mol. The quantitative estimate of drug-likeness (QED) is 0.707. The molecule has 3 unspecified atom stereocenters. The van der Waals surface area contributed by atoms with E-state index in [1.54, 1.807) is 0 Å². The number of hydrogen-bond donors (Lipinski definition) is 1. The first-order chi connectivity index (χ1) is 7.24. The molecule has 2 rings (SSSR count). The SMILES string of the molecule is CCN(CC)C(=O)NC1CC2C=CC1C2. The molecule has 2 aliphatic rings. The molecule has 3 nitrogen and oxygen atoms in total. The first kappa shape index (κ1) is 10.5. The van der Waals surface area contributed by atoms with Gasteiger partial charge < -0.3 is 10.2 Å². The van der Waals surface area contributed by atoms with E-state index in [9.17, 15) is 4.79 Å². The van der Waals surface area contributed by atoms with Gasteiger partial charge in [0.1, 0.15) is 0 Å². The van der Waals surface area contributed by atoms with Crippen molar-refractivity contribution in [1.29, 1.82) is 0 Å². The highest BCUT2D eigenvalue weighted by molar-refractivity contribution is 5.74. The van der Waals surface area contributed by atoms with Crippen molar-refractivity contribution in [3.05, 3.63) is 12.2 Å². The van der Waals surface area contributed by atoms with E-state index < -0.39 is 0 Å². The van der Waals surface area contributed by atoms with Crippen molar-refractivity contribution in [2.45, 2.75) is 32.7 Å². The molecular formula is C12H20N2O. The first-order valence-corrected chi connectivity index (χ1v) is 5.98. The summed E-state index contributed by atoms with van der Waals surface area (Å²) in [4.78, 5) is 13.7. The summed E-state index contributed by atoms with van der Waals surface area (Å²) >= 11 is 0. The number of rotatable bonds is 3. The first-order valence-electron chi connectivity index (χ1n) is 5.98. The Bertz CT molecular complexity index is 271. The maximum Gasteiger partial charge on any atom is 0.317 e. The van der Waals surface area contributed by atoms with Gasteiger partial charge in [0, 0.05) is 19.1 Å². The van der Waals surface area contributed by atoms with Crippen LogP contribution in [0.15, 0.2) is 12.2 Å². The zero-order valence-electron chi connectivity index (χ0n) is 9.57. The number of carbonyl (C=O) groups is 1. The highest BCUT2D eigenvalue weighted by Crippen LogP contribution is 2.38. The molecule has 0 aromatic heterocycles. The van der Waals surface area contributed by atoms with E-state index in [0.717, 1.165) is 25.4 Å². The standard InChI is InChI=1S/C12H20N2O/c1-3-14(4-2)12(15)13-11-8-9-5-6-10(11)7-9/h5-6,9-11H,3-4,7-8H2,1-2H3,(H,13,15). The number of amides is 2. The summed E-state index contributed by atoms with van der Waals surface area (Å²) in [5.41, 5.74) is 0. The molecule has 2 amide bonds. The third kappa shape index (κ3) is 2.01. The van der Waals surface area contributed by atoms with Crippen LogP contribution in [-0.4, -0.2) is 30.1 Å². The molecule has 0 spiro atoms. The minimum atomic E-state index is 0.103.